The maximum atomic E-state index is 5.73. The van der Waals surface area contributed by atoms with Crippen molar-refractivity contribution in [2.45, 2.75) is 19.8 Å². The Morgan fingerprint density at radius 1 is 1.36 bits per heavy atom. The van der Waals surface area contributed by atoms with Gasteiger partial charge in [0.1, 0.15) is 0 Å². The van der Waals surface area contributed by atoms with Crippen LogP contribution < -0.4 is 5.73 Å². The zero-order valence-corrected chi connectivity index (χ0v) is 8.78. The van der Waals surface area contributed by atoms with Crippen LogP contribution in [0.25, 0.3) is 11.0 Å². The van der Waals surface area contributed by atoms with Crippen LogP contribution in [0.5, 0.6) is 0 Å². The van der Waals surface area contributed by atoms with Crippen LogP contribution in [0.4, 0.5) is 5.95 Å². The topological polar surface area (TPSA) is 43.8 Å². The van der Waals surface area contributed by atoms with Gasteiger partial charge in [-0.2, -0.15) is 0 Å². The molecule has 0 saturated carbocycles. The molecule has 0 atom stereocenters. The van der Waals surface area contributed by atoms with Gasteiger partial charge in [0.25, 0.3) is 0 Å². The number of aryl methyl sites for hydroxylation is 1. The predicted molar refractivity (Wildman–Crippen MR) is 59.2 cm³/mol. The molecule has 1 aromatic carbocycles. The van der Waals surface area contributed by atoms with E-state index >= 15 is 0 Å². The Labute approximate surface area is 83.6 Å². The number of rotatable bonds is 1. The third kappa shape index (κ3) is 1.25. The van der Waals surface area contributed by atoms with E-state index in [-0.39, 0.29) is 0 Å². The van der Waals surface area contributed by atoms with Crippen LogP contribution >= 0.6 is 0 Å². The molecule has 3 heteroatoms. The van der Waals surface area contributed by atoms with Gasteiger partial charge in [0, 0.05) is 7.05 Å². The summed E-state index contributed by atoms with van der Waals surface area (Å²) in [7, 11) is 1.93. The van der Waals surface area contributed by atoms with Crippen LogP contribution in [-0.2, 0) is 7.05 Å². The summed E-state index contributed by atoms with van der Waals surface area (Å²) in [5, 5.41) is 0. The molecular formula is C11H15N3. The van der Waals surface area contributed by atoms with Gasteiger partial charge in [-0.05, 0) is 23.6 Å². The summed E-state index contributed by atoms with van der Waals surface area (Å²) in [5.74, 6) is 1.10. The molecule has 0 amide bonds. The van der Waals surface area contributed by atoms with Crippen molar-refractivity contribution in [3.05, 3.63) is 23.8 Å². The lowest BCUT2D eigenvalue weighted by Crippen LogP contribution is -1.95. The average molecular weight is 189 g/mol. The van der Waals surface area contributed by atoms with Crippen LogP contribution in [0.3, 0.4) is 0 Å². The van der Waals surface area contributed by atoms with Crippen molar-refractivity contribution < 1.29 is 0 Å². The van der Waals surface area contributed by atoms with E-state index in [0.29, 0.717) is 11.9 Å². The Bertz CT molecular complexity index is 469. The number of fused-ring (bicyclic) bond motifs is 1. The Hall–Kier alpha value is -1.51. The summed E-state index contributed by atoms with van der Waals surface area (Å²) >= 11 is 0. The summed E-state index contributed by atoms with van der Waals surface area (Å²) in [6.45, 7) is 4.35. The van der Waals surface area contributed by atoms with E-state index in [1.54, 1.807) is 0 Å². The number of hydrogen-bond donors (Lipinski definition) is 1. The van der Waals surface area contributed by atoms with Crippen molar-refractivity contribution in [3.63, 3.8) is 0 Å². The van der Waals surface area contributed by atoms with Crippen molar-refractivity contribution in [3.8, 4) is 0 Å². The molecule has 0 aliphatic rings. The van der Waals surface area contributed by atoms with Crippen molar-refractivity contribution in [2.75, 3.05) is 5.73 Å². The molecule has 2 rings (SSSR count). The second-order valence-electron chi connectivity index (χ2n) is 3.93. The number of anilines is 1. The quantitative estimate of drug-likeness (QED) is 0.748. The number of nitrogens with zero attached hydrogens (tertiary/aromatic N) is 2. The summed E-state index contributed by atoms with van der Waals surface area (Å²) in [6, 6.07) is 6.32. The third-order valence-electron chi connectivity index (χ3n) is 2.61. The summed E-state index contributed by atoms with van der Waals surface area (Å²) in [6.07, 6.45) is 0. The lowest BCUT2D eigenvalue weighted by atomic mass is 10.0. The van der Waals surface area contributed by atoms with Gasteiger partial charge in [0.2, 0.25) is 5.95 Å². The van der Waals surface area contributed by atoms with E-state index in [2.05, 4.69) is 37.0 Å². The van der Waals surface area contributed by atoms with Crippen molar-refractivity contribution in [1.29, 1.82) is 0 Å². The van der Waals surface area contributed by atoms with Crippen LogP contribution in [0, 0.1) is 0 Å². The minimum absolute atomic E-state index is 0.530. The SMILES string of the molecule is CC(C)c1ccc2c(c1)nc(N)n2C. The van der Waals surface area contributed by atoms with Crippen LogP contribution in [0.15, 0.2) is 18.2 Å². The lowest BCUT2D eigenvalue weighted by molar-refractivity contribution is 0.868. The van der Waals surface area contributed by atoms with Crippen molar-refractivity contribution >= 4 is 17.0 Å². The summed E-state index contributed by atoms with van der Waals surface area (Å²) < 4.78 is 1.90. The van der Waals surface area contributed by atoms with E-state index in [4.69, 9.17) is 5.73 Å². The smallest absolute Gasteiger partial charge is 0.200 e. The number of aromatic nitrogens is 2. The molecule has 0 aliphatic carbocycles. The van der Waals surface area contributed by atoms with E-state index in [9.17, 15) is 0 Å². The van der Waals surface area contributed by atoms with Gasteiger partial charge in [-0.15, -0.1) is 0 Å². The number of hydrogen-bond acceptors (Lipinski definition) is 2. The summed E-state index contributed by atoms with van der Waals surface area (Å²) in [5.41, 5.74) is 9.10. The third-order valence-corrected chi connectivity index (χ3v) is 2.61. The fourth-order valence-corrected chi connectivity index (χ4v) is 1.59. The highest BCUT2D eigenvalue weighted by Gasteiger charge is 2.06. The number of nitrogen functional groups attached to an aromatic ring is 1. The number of benzene rings is 1. The van der Waals surface area contributed by atoms with Gasteiger partial charge in [0.05, 0.1) is 11.0 Å². The van der Waals surface area contributed by atoms with Gasteiger partial charge in [-0.3, -0.25) is 0 Å². The minimum atomic E-state index is 0.530. The molecule has 0 fully saturated rings. The highest BCUT2D eigenvalue weighted by molar-refractivity contribution is 5.79. The Kier molecular flexibility index (Phi) is 1.95. The highest BCUT2D eigenvalue weighted by Crippen LogP contribution is 2.21. The first-order valence-electron chi connectivity index (χ1n) is 4.81. The fourth-order valence-electron chi connectivity index (χ4n) is 1.59. The molecule has 0 aliphatic heterocycles. The van der Waals surface area contributed by atoms with Gasteiger partial charge in [-0.25, -0.2) is 4.98 Å². The molecule has 1 aromatic heterocycles. The van der Waals surface area contributed by atoms with E-state index in [1.165, 1.54) is 5.56 Å². The van der Waals surface area contributed by atoms with Crippen LogP contribution in [0.1, 0.15) is 25.3 Å². The zero-order chi connectivity index (χ0) is 10.3. The van der Waals surface area contributed by atoms with Crippen LogP contribution in [0.2, 0.25) is 0 Å². The molecule has 0 unspecified atom stereocenters. The number of imidazole rings is 1. The molecule has 0 radical (unpaired) electrons. The molecule has 2 aromatic rings. The minimum Gasteiger partial charge on any atom is -0.369 e. The van der Waals surface area contributed by atoms with E-state index < -0.39 is 0 Å². The molecule has 74 valence electrons. The van der Waals surface area contributed by atoms with E-state index in [0.717, 1.165) is 11.0 Å². The Balaban J connectivity index is 2.67. The summed E-state index contributed by atoms with van der Waals surface area (Å²) in [4.78, 5) is 4.30. The molecule has 0 saturated heterocycles. The average Bonchev–Trinajstić information content (AvgIpc) is 2.42. The molecule has 0 spiro atoms. The van der Waals surface area contributed by atoms with Crippen molar-refractivity contribution in [2.24, 2.45) is 7.05 Å². The first-order chi connectivity index (χ1) is 6.59. The molecular weight excluding hydrogens is 174 g/mol. The van der Waals surface area contributed by atoms with Crippen molar-refractivity contribution in [1.82, 2.24) is 9.55 Å². The van der Waals surface area contributed by atoms with Gasteiger partial charge in [-0.1, -0.05) is 19.9 Å². The van der Waals surface area contributed by atoms with Gasteiger partial charge < -0.3 is 10.3 Å². The molecule has 3 nitrogen and oxygen atoms in total. The second-order valence-corrected chi connectivity index (χ2v) is 3.93. The predicted octanol–water partition coefficient (Wildman–Crippen LogP) is 2.28. The molecule has 14 heavy (non-hydrogen) atoms. The first kappa shape index (κ1) is 9.06. The highest BCUT2D eigenvalue weighted by atomic mass is 15.1. The van der Waals surface area contributed by atoms with E-state index in [1.807, 2.05) is 11.6 Å². The first-order valence-corrected chi connectivity index (χ1v) is 4.81. The van der Waals surface area contributed by atoms with Crippen LogP contribution in [-0.4, -0.2) is 9.55 Å². The normalized spacial score (nSPS) is 11.4. The standard InChI is InChI=1S/C11H15N3/c1-7(2)8-4-5-10-9(6-8)13-11(12)14(10)3/h4-7H,1-3H3,(H2,12,13). The second kappa shape index (κ2) is 3.01. The largest absolute Gasteiger partial charge is 0.369 e. The fraction of sp³-hybridized carbons (Fsp3) is 0.364. The molecule has 1 heterocycles. The molecule has 0 bridgehead atoms. The maximum Gasteiger partial charge on any atom is 0.200 e. The monoisotopic (exact) mass is 189 g/mol. The maximum absolute atomic E-state index is 5.73. The molecule has 2 N–H and O–H groups in total. The Morgan fingerprint density at radius 3 is 2.71 bits per heavy atom. The lowest BCUT2D eigenvalue weighted by Gasteiger charge is -2.04. The Morgan fingerprint density at radius 2 is 2.07 bits per heavy atom. The zero-order valence-electron chi connectivity index (χ0n) is 8.78. The number of nitrogens with two attached hydrogens (primary N) is 1. The van der Waals surface area contributed by atoms with Gasteiger partial charge in [0.15, 0.2) is 0 Å². The van der Waals surface area contributed by atoms with Gasteiger partial charge >= 0.3 is 0 Å².